The molecular weight excluding hydrogens is 875 g/mol. The zero-order valence-corrected chi connectivity index (χ0v) is 41.7. The summed E-state index contributed by atoms with van der Waals surface area (Å²) >= 11 is -1.24. The molecule has 7 aromatic carbocycles. The van der Waals surface area contributed by atoms with E-state index >= 15 is 0 Å². The molecule has 0 fully saturated rings. The molecule has 1 unspecified atom stereocenters. The van der Waals surface area contributed by atoms with E-state index in [4.69, 9.17) is 0 Å². The average Bonchev–Trinajstić information content (AvgIpc) is 3.80. The quantitative estimate of drug-likeness (QED) is 0.141. The van der Waals surface area contributed by atoms with E-state index in [9.17, 15) is 0 Å². The van der Waals surface area contributed by atoms with Crippen molar-refractivity contribution < 1.29 is 47.2 Å². The van der Waals surface area contributed by atoms with E-state index in [-0.39, 0.29) is 41.6 Å². The molecule has 1 atom stereocenters. The Balaban J connectivity index is 0.00000281. The van der Waals surface area contributed by atoms with E-state index < -0.39 is 28.3 Å². The predicted octanol–water partition coefficient (Wildman–Crippen LogP) is 6.77. The van der Waals surface area contributed by atoms with Gasteiger partial charge >= 0.3 is 350 Å². The molecule has 0 saturated heterocycles. The molecule has 4 heteroatoms. The fourth-order valence-corrected chi connectivity index (χ4v) is 23.8. The van der Waals surface area contributed by atoms with Crippen LogP contribution in [0.25, 0.3) is 39.5 Å². The van der Waals surface area contributed by atoms with Crippen molar-refractivity contribution >= 4 is 25.6 Å². The Kier molecular flexibility index (Phi) is 13.5. The summed E-state index contributed by atoms with van der Waals surface area (Å²) in [5, 5.41) is 3.18. The van der Waals surface area contributed by atoms with Crippen molar-refractivity contribution in [2.45, 2.75) is 84.5 Å². The number of fused-ring (bicyclic) bond motifs is 4. The van der Waals surface area contributed by atoms with Crippen LogP contribution >= 0.6 is 0 Å². The minimum Gasteiger partial charge on any atom is -1.00 e. The smallest absolute Gasteiger partial charge is 1.00 e. The summed E-state index contributed by atoms with van der Waals surface area (Å²) < 4.78 is 1.77. The fourth-order valence-electron chi connectivity index (χ4n) is 9.71. The molecule has 7 aromatic rings. The Morgan fingerprint density at radius 3 is 1.75 bits per heavy atom. The van der Waals surface area contributed by atoms with E-state index in [1.807, 2.05) is 0 Å². The Morgan fingerprint density at radius 2 is 1.16 bits per heavy atom. The van der Waals surface area contributed by atoms with E-state index in [2.05, 4.69) is 212 Å². The standard InChI is InChI=1S/C45H45.C12H11Si.2ClH.Zr/c1-8-13-33-25-39-36(31-20-18-30(19-21-31)29-14-10-9-11-15-29)16-12-17-37(39)43(33)42-28-35(45(5,6)7)27-41-38-26-34(44(2,3)4)23-22-32(38)24-40(41)42;1-3-7-11(8-4-1)13-12-9-5-2-6-10-12;;;/h9-12,14-23,25-27,43H,8,13,24H2,1-7H3;1-10,13H;2*1H;/q;;;;+2/p-2. The summed E-state index contributed by atoms with van der Waals surface area (Å²) in [7, 11) is 0. The maximum atomic E-state index is 2.69. The van der Waals surface area contributed by atoms with Gasteiger partial charge in [0.25, 0.3) is 0 Å². The maximum Gasteiger partial charge on any atom is -1.00 e. The molecule has 0 aliphatic heterocycles. The van der Waals surface area contributed by atoms with Crippen LogP contribution in [0, 0.1) is 0 Å². The molecule has 0 amide bonds. The largest absolute Gasteiger partial charge is 1.00 e. The van der Waals surface area contributed by atoms with Gasteiger partial charge in [-0.15, -0.1) is 0 Å². The van der Waals surface area contributed by atoms with Crippen molar-refractivity contribution in [1.29, 1.82) is 0 Å². The Hall–Kier alpha value is -4.04. The first-order chi connectivity index (χ1) is 28.5. The minimum absolute atomic E-state index is 0. The number of benzene rings is 7. The van der Waals surface area contributed by atoms with Gasteiger partial charge in [-0.3, -0.25) is 0 Å². The SMILES string of the molecule is CCCC1=Cc2c(-c3ccc(-c4ccccc4)cc3)cccc2C1c1c2c(cc(C(C)(C)C)[c]1[Zr+2][SiH](c1ccccc1)c1ccccc1)-c1cc(C(C)(C)C)ccc1C2.[Cl-].[Cl-]. The molecule has 0 bridgehead atoms. The zero-order chi connectivity index (χ0) is 40.9. The van der Waals surface area contributed by atoms with Crippen molar-refractivity contribution in [1.82, 2.24) is 0 Å². The minimum atomic E-state index is -1.54. The molecule has 0 aromatic heterocycles. The van der Waals surface area contributed by atoms with E-state index in [0.29, 0.717) is 0 Å². The van der Waals surface area contributed by atoms with Crippen LogP contribution in [0.4, 0.5) is 0 Å². The average molecular weight is 931 g/mol. The number of hydrogen-bond acceptors (Lipinski definition) is 0. The summed E-state index contributed by atoms with van der Waals surface area (Å²) in [5.41, 5.74) is 20.5. The van der Waals surface area contributed by atoms with Crippen LogP contribution in [0.2, 0.25) is 0 Å². The van der Waals surface area contributed by atoms with Gasteiger partial charge in [0.15, 0.2) is 0 Å². The maximum absolute atomic E-state index is 2.69. The third-order valence-electron chi connectivity index (χ3n) is 12.8. The van der Waals surface area contributed by atoms with E-state index in [0.717, 1.165) is 19.3 Å². The van der Waals surface area contributed by atoms with Crippen LogP contribution in [-0.4, -0.2) is 5.92 Å². The molecule has 0 N–H and O–H groups in total. The van der Waals surface area contributed by atoms with Gasteiger partial charge in [-0.25, -0.2) is 0 Å². The van der Waals surface area contributed by atoms with Crippen molar-refractivity contribution in [3.63, 3.8) is 0 Å². The van der Waals surface area contributed by atoms with Gasteiger partial charge < -0.3 is 24.8 Å². The molecule has 0 radical (unpaired) electrons. The molecule has 2 aliphatic rings. The van der Waals surface area contributed by atoms with Gasteiger partial charge in [0.2, 0.25) is 0 Å². The number of allylic oxidation sites excluding steroid dienone is 1. The normalized spacial score (nSPS) is 14.0. The molecule has 0 saturated carbocycles. The second-order valence-corrected chi connectivity index (χ2v) is 28.9. The third kappa shape index (κ3) is 8.81. The van der Waals surface area contributed by atoms with Crippen LogP contribution in [0.5, 0.6) is 0 Å². The second-order valence-electron chi connectivity index (χ2n) is 18.8. The summed E-state index contributed by atoms with van der Waals surface area (Å²) in [6.45, 7) is 16.9. The van der Waals surface area contributed by atoms with E-state index in [1.165, 1.54) is 55.6 Å². The molecule has 61 heavy (non-hydrogen) atoms. The monoisotopic (exact) mass is 928 g/mol. The fraction of sp³-hybridized carbons (Fsp3) is 0.228. The molecule has 0 nitrogen and oxygen atoms in total. The van der Waals surface area contributed by atoms with Gasteiger partial charge in [-0.2, -0.15) is 0 Å². The van der Waals surface area contributed by atoms with Gasteiger partial charge in [0.05, 0.1) is 0 Å². The molecular formula is C57H56Cl2SiZr. The van der Waals surface area contributed by atoms with Gasteiger partial charge in [-0.1, -0.05) is 18.2 Å². The van der Waals surface area contributed by atoms with Crippen LogP contribution in [0.15, 0.2) is 163 Å². The third-order valence-corrected chi connectivity index (χ3v) is 25.9. The van der Waals surface area contributed by atoms with Crippen LogP contribution in [-0.2, 0) is 39.6 Å². The second kappa shape index (κ2) is 18.4. The summed E-state index contributed by atoms with van der Waals surface area (Å²) in [6, 6.07) is 60.6. The summed E-state index contributed by atoms with van der Waals surface area (Å²) in [6.07, 6.45) is 5.87. The van der Waals surface area contributed by atoms with Gasteiger partial charge in [0, 0.05) is 0 Å². The number of rotatable bonds is 9. The molecule has 0 heterocycles. The zero-order valence-electron chi connectivity index (χ0n) is 36.6. The van der Waals surface area contributed by atoms with Crippen LogP contribution in [0.3, 0.4) is 0 Å². The van der Waals surface area contributed by atoms with E-state index in [1.54, 1.807) is 35.9 Å². The Bertz CT molecular complexity index is 2630. The van der Waals surface area contributed by atoms with Crippen molar-refractivity contribution in [3.8, 4) is 33.4 Å². The van der Waals surface area contributed by atoms with Gasteiger partial charge in [-0.05, 0) is 0 Å². The van der Waals surface area contributed by atoms with Crippen LogP contribution in [0.1, 0.15) is 106 Å². The predicted molar refractivity (Wildman–Crippen MR) is 253 cm³/mol. The van der Waals surface area contributed by atoms with Crippen molar-refractivity contribution in [2.75, 3.05) is 0 Å². The molecule has 9 rings (SSSR count). The first kappa shape index (κ1) is 45.0. The first-order valence-corrected chi connectivity index (χ1v) is 28.9. The number of hydrogen-bond donors (Lipinski definition) is 0. The summed E-state index contributed by atoms with van der Waals surface area (Å²) in [4.78, 5) is 0. The topological polar surface area (TPSA) is 0 Å². The number of halogens is 2. The molecule has 306 valence electrons. The molecule has 0 spiro atoms. The first-order valence-electron chi connectivity index (χ1n) is 21.7. The molecule has 2 aliphatic carbocycles. The Morgan fingerprint density at radius 1 is 0.574 bits per heavy atom. The van der Waals surface area contributed by atoms with Crippen LogP contribution < -0.4 is 38.5 Å². The summed E-state index contributed by atoms with van der Waals surface area (Å²) in [5.74, 6) is -1.29. The van der Waals surface area contributed by atoms with Crippen molar-refractivity contribution in [2.24, 2.45) is 0 Å². The van der Waals surface area contributed by atoms with Crippen molar-refractivity contribution in [3.05, 3.63) is 202 Å². The van der Waals surface area contributed by atoms with Gasteiger partial charge in [0.1, 0.15) is 0 Å². The Labute approximate surface area is 389 Å².